The second-order valence-corrected chi connectivity index (χ2v) is 5.92. The number of aryl methyl sites for hydroxylation is 1. The van der Waals surface area contributed by atoms with Crippen molar-refractivity contribution in [3.05, 3.63) is 48.2 Å². The van der Waals surface area contributed by atoms with E-state index in [0.29, 0.717) is 11.2 Å². The third kappa shape index (κ3) is 2.45. The lowest BCUT2D eigenvalue weighted by Gasteiger charge is -2.15. The first-order chi connectivity index (χ1) is 12.1. The Balaban J connectivity index is 2.00. The van der Waals surface area contributed by atoms with Gasteiger partial charge in [0.1, 0.15) is 5.75 Å². The number of methoxy groups -OCH3 is 1. The molecule has 0 fully saturated rings. The number of fused-ring (bicyclic) bond motifs is 3. The number of nitrogens with one attached hydrogen (secondary N) is 1. The van der Waals surface area contributed by atoms with E-state index < -0.39 is 7.12 Å². The molecule has 0 bridgehead atoms. The molecule has 124 valence electrons. The summed E-state index contributed by atoms with van der Waals surface area (Å²) in [6.45, 7) is 1.97. The summed E-state index contributed by atoms with van der Waals surface area (Å²) < 4.78 is 5.44. The van der Waals surface area contributed by atoms with E-state index in [1.165, 1.54) is 7.11 Å². The molecule has 6 nitrogen and oxygen atoms in total. The van der Waals surface area contributed by atoms with E-state index in [2.05, 4.69) is 16.3 Å². The zero-order chi connectivity index (χ0) is 17.6. The van der Waals surface area contributed by atoms with E-state index in [1.807, 2.05) is 25.1 Å². The molecule has 0 amide bonds. The molecular weight excluding hydrogens is 317 g/mol. The summed E-state index contributed by atoms with van der Waals surface area (Å²) in [7, 11) is -0.1000. The lowest BCUT2D eigenvalue weighted by Crippen LogP contribution is -2.31. The van der Waals surface area contributed by atoms with Gasteiger partial charge in [-0.1, -0.05) is 12.1 Å². The molecule has 0 aliphatic carbocycles. The van der Waals surface area contributed by atoms with Crippen LogP contribution in [0.3, 0.4) is 0 Å². The van der Waals surface area contributed by atoms with Crippen LogP contribution in [0.1, 0.15) is 5.56 Å². The number of ether oxygens (including phenoxy) is 1. The molecule has 0 spiro atoms. The molecule has 0 aliphatic heterocycles. The van der Waals surface area contributed by atoms with Crippen LogP contribution in [0.4, 0.5) is 0 Å². The first-order valence-electron chi connectivity index (χ1n) is 7.87. The molecule has 2 aromatic carbocycles. The molecule has 0 atom stereocenters. The highest BCUT2D eigenvalue weighted by Gasteiger charge is 2.21. The Labute approximate surface area is 144 Å². The molecule has 7 heteroatoms. The lowest BCUT2D eigenvalue weighted by molar-refractivity contribution is 0.404. The maximum absolute atomic E-state index is 9.59. The number of nitrogens with zero attached hydrogens (tertiary/aromatic N) is 2. The summed E-state index contributed by atoms with van der Waals surface area (Å²) in [6.07, 6.45) is 1.79. The van der Waals surface area contributed by atoms with Crippen LogP contribution < -0.4 is 10.2 Å². The van der Waals surface area contributed by atoms with Crippen molar-refractivity contribution in [2.75, 3.05) is 7.11 Å². The van der Waals surface area contributed by atoms with Crippen molar-refractivity contribution in [1.82, 2.24) is 15.2 Å². The number of aromatic nitrogens is 3. The van der Waals surface area contributed by atoms with Crippen LogP contribution in [0, 0.1) is 6.92 Å². The van der Waals surface area contributed by atoms with Gasteiger partial charge in [0.25, 0.3) is 0 Å². The molecule has 0 saturated heterocycles. The van der Waals surface area contributed by atoms with Gasteiger partial charge in [-0.05, 0) is 36.8 Å². The SMILES string of the molecule is COc1c(B(O)O)cccc1-c1nc2ccc3[nH]ncc3c2cc1C. The number of hydrogen-bond acceptors (Lipinski definition) is 5. The van der Waals surface area contributed by atoms with Gasteiger partial charge in [-0.15, -0.1) is 0 Å². The van der Waals surface area contributed by atoms with Crippen LogP contribution in [0.15, 0.2) is 42.6 Å². The maximum atomic E-state index is 9.59. The van der Waals surface area contributed by atoms with Gasteiger partial charge < -0.3 is 14.8 Å². The normalized spacial score (nSPS) is 11.2. The van der Waals surface area contributed by atoms with Crippen molar-refractivity contribution in [3.8, 4) is 17.0 Å². The summed E-state index contributed by atoms with van der Waals surface area (Å²) >= 11 is 0. The quantitative estimate of drug-likeness (QED) is 0.497. The Morgan fingerprint density at radius 1 is 1.12 bits per heavy atom. The first kappa shape index (κ1) is 15.6. The lowest BCUT2D eigenvalue weighted by atomic mass is 9.78. The van der Waals surface area contributed by atoms with Gasteiger partial charge in [0, 0.05) is 21.8 Å². The van der Waals surface area contributed by atoms with Crippen LogP contribution in [-0.4, -0.2) is 39.5 Å². The van der Waals surface area contributed by atoms with Crippen molar-refractivity contribution in [2.45, 2.75) is 6.92 Å². The highest BCUT2D eigenvalue weighted by Crippen LogP contribution is 2.33. The summed E-state index contributed by atoms with van der Waals surface area (Å²) in [4.78, 5) is 4.80. The number of pyridine rings is 1. The molecule has 3 N–H and O–H groups in total. The predicted molar refractivity (Wildman–Crippen MR) is 97.9 cm³/mol. The van der Waals surface area contributed by atoms with Crippen molar-refractivity contribution >= 4 is 34.4 Å². The summed E-state index contributed by atoms with van der Waals surface area (Å²) in [5.41, 5.74) is 4.54. The zero-order valence-electron chi connectivity index (χ0n) is 13.8. The average molecular weight is 333 g/mol. The second-order valence-electron chi connectivity index (χ2n) is 5.92. The Hall–Kier alpha value is -2.90. The maximum Gasteiger partial charge on any atom is 0.492 e. The van der Waals surface area contributed by atoms with Crippen LogP contribution in [0.5, 0.6) is 5.75 Å². The Morgan fingerprint density at radius 2 is 1.96 bits per heavy atom. The van der Waals surface area contributed by atoms with Gasteiger partial charge in [-0.25, -0.2) is 4.98 Å². The summed E-state index contributed by atoms with van der Waals surface area (Å²) in [5.74, 6) is 0.414. The number of para-hydroxylation sites is 1. The Bertz CT molecular complexity index is 1090. The van der Waals surface area contributed by atoms with E-state index in [4.69, 9.17) is 9.72 Å². The van der Waals surface area contributed by atoms with Crippen molar-refractivity contribution < 1.29 is 14.8 Å². The minimum absolute atomic E-state index is 0.312. The van der Waals surface area contributed by atoms with Crippen molar-refractivity contribution in [3.63, 3.8) is 0 Å². The van der Waals surface area contributed by atoms with Gasteiger partial charge in [0.2, 0.25) is 0 Å². The second kappa shape index (κ2) is 5.88. The van der Waals surface area contributed by atoms with Gasteiger partial charge in [-0.3, -0.25) is 5.10 Å². The minimum Gasteiger partial charge on any atom is -0.496 e. The molecule has 25 heavy (non-hydrogen) atoms. The molecule has 0 saturated carbocycles. The molecule has 2 heterocycles. The van der Waals surface area contributed by atoms with Crippen LogP contribution in [-0.2, 0) is 0 Å². The van der Waals surface area contributed by atoms with Crippen LogP contribution in [0.2, 0.25) is 0 Å². The third-order valence-electron chi connectivity index (χ3n) is 4.39. The highest BCUT2D eigenvalue weighted by molar-refractivity contribution is 6.60. The molecular formula is C18H16BN3O3. The van der Waals surface area contributed by atoms with Gasteiger partial charge in [0.15, 0.2) is 0 Å². The fourth-order valence-corrected chi connectivity index (χ4v) is 3.22. The first-order valence-corrected chi connectivity index (χ1v) is 7.87. The molecule has 4 rings (SSSR count). The van der Waals surface area contributed by atoms with Crippen molar-refractivity contribution in [2.24, 2.45) is 0 Å². The average Bonchev–Trinajstić information content (AvgIpc) is 3.09. The molecule has 0 radical (unpaired) electrons. The van der Waals surface area contributed by atoms with E-state index >= 15 is 0 Å². The van der Waals surface area contributed by atoms with E-state index in [-0.39, 0.29) is 0 Å². The summed E-state index contributed by atoms with van der Waals surface area (Å²) in [6, 6.07) is 11.2. The molecule has 0 aliphatic rings. The molecule has 0 unspecified atom stereocenters. The van der Waals surface area contributed by atoms with Gasteiger partial charge in [-0.2, -0.15) is 5.10 Å². The Kier molecular flexibility index (Phi) is 3.67. The van der Waals surface area contributed by atoms with E-state index in [1.54, 1.807) is 18.3 Å². The molecule has 2 aromatic heterocycles. The fraction of sp³-hybridized carbons (Fsp3) is 0.111. The number of benzene rings is 2. The minimum atomic E-state index is -1.61. The largest absolute Gasteiger partial charge is 0.496 e. The summed E-state index contributed by atoms with van der Waals surface area (Å²) in [5, 5.41) is 28.3. The van der Waals surface area contributed by atoms with E-state index in [9.17, 15) is 10.0 Å². The van der Waals surface area contributed by atoms with E-state index in [0.717, 1.165) is 38.6 Å². The van der Waals surface area contributed by atoms with Crippen molar-refractivity contribution in [1.29, 1.82) is 0 Å². The highest BCUT2D eigenvalue weighted by atomic mass is 16.5. The van der Waals surface area contributed by atoms with Gasteiger partial charge >= 0.3 is 7.12 Å². The number of H-pyrrole nitrogens is 1. The van der Waals surface area contributed by atoms with Crippen LogP contribution >= 0.6 is 0 Å². The zero-order valence-corrected chi connectivity index (χ0v) is 13.8. The van der Waals surface area contributed by atoms with Gasteiger partial charge in [0.05, 0.1) is 30.0 Å². The third-order valence-corrected chi connectivity index (χ3v) is 4.39. The predicted octanol–water partition coefficient (Wildman–Crippen LogP) is 1.77. The van der Waals surface area contributed by atoms with Crippen LogP contribution in [0.25, 0.3) is 33.1 Å². The topological polar surface area (TPSA) is 91.3 Å². The monoisotopic (exact) mass is 333 g/mol. The molecule has 4 aromatic rings. The number of aromatic amines is 1. The number of rotatable bonds is 3. The smallest absolute Gasteiger partial charge is 0.492 e. The standard InChI is InChI=1S/C18H16BN3O3/c1-10-8-12-13-9-20-22-16(13)7-6-15(12)21-17(10)11-4-3-5-14(19(23)24)18(11)25-2/h3-9,23-24H,1-2H3,(H,20,22). The Morgan fingerprint density at radius 3 is 2.72 bits per heavy atom. The number of hydrogen-bond donors (Lipinski definition) is 3. The fourth-order valence-electron chi connectivity index (χ4n) is 3.22.